The number of benzene rings is 1. The van der Waals surface area contributed by atoms with Crippen LogP contribution < -0.4 is 0 Å². The van der Waals surface area contributed by atoms with Crippen molar-refractivity contribution in [2.75, 3.05) is 0 Å². The van der Waals surface area contributed by atoms with Crippen molar-refractivity contribution in [3.63, 3.8) is 0 Å². The van der Waals surface area contributed by atoms with E-state index in [1.54, 1.807) is 0 Å². The van der Waals surface area contributed by atoms with Gasteiger partial charge in [-0.25, -0.2) is 4.85 Å². The van der Waals surface area contributed by atoms with Gasteiger partial charge in [0.25, 0.3) is 11.4 Å². The van der Waals surface area contributed by atoms with E-state index in [1.165, 1.54) is 0 Å². The van der Waals surface area contributed by atoms with Gasteiger partial charge in [0.15, 0.2) is 0 Å². The van der Waals surface area contributed by atoms with Crippen LogP contribution in [0.5, 0.6) is 0 Å². The van der Waals surface area contributed by atoms with Crippen molar-refractivity contribution in [3.05, 3.63) is 45.3 Å². The fraction of sp³-hybridized carbons (Fsp3) is 0.125. The third kappa shape index (κ3) is 2.22. The Morgan fingerprint density at radius 1 is 1.40 bits per heavy atom. The predicted molar refractivity (Wildman–Crippen MR) is 44.4 cm³/mol. The Morgan fingerprint density at radius 2 is 2.00 bits per heavy atom. The largest absolute Gasteiger partial charge is 0.416 e. The fourth-order valence-corrected chi connectivity index (χ4v) is 0.941. The second kappa shape index (κ2) is 3.57. The standard InChI is InChI=1S/C8H3F3N2O2/c1-12-6-3-2-5(8(9,10)11)4-7(6)13(14)15/h2-4H. The molecule has 1 aromatic carbocycles. The molecular weight excluding hydrogens is 213 g/mol. The molecule has 4 nitrogen and oxygen atoms in total. The average Bonchev–Trinajstić information content (AvgIpc) is 2.15. The molecule has 0 saturated heterocycles. The quantitative estimate of drug-likeness (QED) is 0.411. The second-order valence-corrected chi connectivity index (χ2v) is 2.57. The average molecular weight is 216 g/mol. The van der Waals surface area contributed by atoms with E-state index in [0.29, 0.717) is 12.1 Å². The topological polar surface area (TPSA) is 47.5 Å². The third-order valence-electron chi connectivity index (χ3n) is 1.62. The molecule has 0 aliphatic rings. The van der Waals surface area contributed by atoms with Gasteiger partial charge in [-0.3, -0.25) is 10.1 Å². The summed E-state index contributed by atoms with van der Waals surface area (Å²) in [5, 5.41) is 10.4. The molecule has 0 fully saturated rings. The number of hydrogen-bond acceptors (Lipinski definition) is 2. The van der Waals surface area contributed by atoms with Gasteiger partial charge in [-0.1, -0.05) is 6.07 Å². The van der Waals surface area contributed by atoms with Crippen LogP contribution in [-0.4, -0.2) is 4.92 Å². The second-order valence-electron chi connectivity index (χ2n) is 2.57. The number of halogens is 3. The van der Waals surface area contributed by atoms with Crippen LogP contribution in [0.1, 0.15) is 5.56 Å². The van der Waals surface area contributed by atoms with E-state index in [2.05, 4.69) is 4.85 Å². The van der Waals surface area contributed by atoms with Crippen LogP contribution in [-0.2, 0) is 6.18 Å². The molecule has 0 radical (unpaired) electrons. The summed E-state index contributed by atoms with van der Waals surface area (Å²) in [6.07, 6.45) is -4.65. The van der Waals surface area contributed by atoms with Crippen molar-refractivity contribution in [2.24, 2.45) is 0 Å². The number of rotatable bonds is 1. The van der Waals surface area contributed by atoms with E-state index >= 15 is 0 Å². The zero-order chi connectivity index (χ0) is 11.6. The van der Waals surface area contributed by atoms with Crippen molar-refractivity contribution in [2.45, 2.75) is 6.18 Å². The zero-order valence-corrected chi connectivity index (χ0v) is 7.08. The van der Waals surface area contributed by atoms with Crippen LogP contribution in [0.15, 0.2) is 18.2 Å². The maximum absolute atomic E-state index is 12.2. The first kappa shape index (κ1) is 11.0. The molecule has 0 atom stereocenters. The lowest BCUT2D eigenvalue weighted by Crippen LogP contribution is -2.05. The molecule has 7 heteroatoms. The molecule has 78 valence electrons. The highest BCUT2D eigenvalue weighted by Gasteiger charge is 2.32. The Balaban J connectivity index is 3.37. The Bertz CT molecular complexity index is 448. The number of hydrogen-bond donors (Lipinski definition) is 0. The first-order valence-electron chi connectivity index (χ1n) is 3.59. The van der Waals surface area contributed by atoms with Gasteiger partial charge in [0.1, 0.15) is 0 Å². The smallest absolute Gasteiger partial charge is 0.260 e. The summed E-state index contributed by atoms with van der Waals surface area (Å²) in [5.74, 6) is 0. The summed E-state index contributed by atoms with van der Waals surface area (Å²) < 4.78 is 36.5. The lowest BCUT2D eigenvalue weighted by Gasteiger charge is -2.06. The molecule has 0 saturated carbocycles. The van der Waals surface area contributed by atoms with Gasteiger partial charge in [-0.05, 0) is 6.07 Å². The summed E-state index contributed by atoms with van der Waals surface area (Å²) >= 11 is 0. The molecule has 1 aromatic rings. The monoisotopic (exact) mass is 216 g/mol. The zero-order valence-electron chi connectivity index (χ0n) is 7.08. The van der Waals surface area contributed by atoms with Crippen molar-refractivity contribution in [1.82, 2.24) is 0 Å². The molecule has 0 aliphatic heterocycles. The van der Waals surface area contributed by atoms with Gasteiger partial charge in [0.05, 0.1) is 17.1 Å². The molecule has 0 N–H and O–H groups in total. The number of nitro groups is 1. The molecule has 0 unspecified atom stereocenters. The normalized spacial score (nSPS) is 10.8. The van der Waals surface area contributed by atoms with Gasteiger partial charge in [-0.15, -0.1) is 0 Å². The van der Waals surface area contributed by atoms with E-state index in [9.17, 15) is 23.3 Å². The highest BCUT2D eigenvalue weighted by Crippen LogP contribution is 2.35. The van der Waals surface area contributed by atoms with Gasteiger partial charge in [0, 0.05) is 6.07 Å². The van der Waals surface area contributed by atoms with Crippen molar-refractivity contribution >= 4 is 11.4 Å². The minimum Gasteiger partial charge on any atom is -0.260 e. The van der Waals surface area contributed by atoms with Crippen LogP contribution >= 0.6 is 0 Å². The molecule has 0 heterocycles. The van der Waals surface area contributed by atoms with Crippen LogP contribution in [0.25, 0.3) is 4.85 Å². The molecule has 0 aromatic heterocycles. The van der Waals surface area contributed by atoms with Gasteiger partial charge >= 0.3 is 6.18 Å². The summed E-state index contributed by atoms with van der Waals surface area (Å²) in [4.78, 5) is 12.1. The first-order chi connectivity index (χ1) is 6.86. The van der Waals surface area contributed by atoms with Crippen LogP contribution in [0.2, 0.25) is 0 Å². The Hall–Kier alpha value is -2.10. The fourth-order valence-electron chi connectivity index (χ4n) is 0.941. The number of nitrogens with zero attached hydrogens (tertiary/aromatic N) is 2. The minimum absolute atomic E-state index is 0.355. The lowest BCUT2D eigenvalue weighted by molar-refractivity contribution is -0.384. The molecule has 0 amide bonds. The lowest BCUT2D eigenvalue weighted by atomic mass is 10.1. The van der Waals surface area contributed by atoms with Crippen molar-refractivity contribution < 1.29 is 18.1 Å². The Kier molecular flexibility index (Phi) is 2.61. The maximum Gasteiger partial charge on any atom is 0.416 e. The van der Waals surface area contributed by atoms with E-state index in [4.69, 9.17) is 6.57 Å². The molecule has 0 bridgehead atoms. The molecule has 0 aliphatic carbocycles. The SMILES string of the molecule is [C-]#[N+]c1ccc(C(F)(F)F)cc1[N+](=O)[O-]. The third-order valence-corrected chi connectivity index (χ3v) is 1.62. The van der Waals surface area contributed by atoms with Crippen molar-refractivity contribution in [1.29, 1.82) is 0 Å². The molecular formula is C8H3F3N2O2. The van der Waals surface area contributed by atoms with Crippen LogP contribution in [0, 0.1) is 16.7 Å². The number of alkyl halides is 3. The molecule has 15 heavy (non-hydrogen) atoms. The van der Waals surface area contributed by atoms with Crippen LogP contribution in [0.3, 0.4) is 0 Å². The van der Waals surface area contributed by atoms with Gasteiger partial charge in [-0.2, -0.15) is 13.2 Å². The molecule has 0 spiro atoms. The Morgan fingerprint density at radius 3 is 2.40 bits per heavy atom. The first-order valence-corrected chi connectivity index (χ1v) is 3.59. The van der Waals surface area contributed by atoms with Gasteiger partial charge in [0.2, 0.25) is 0 Å². The molecule has 1 rings (SSSR count). The Labute approximate surface area is 81.9 Å². The van der Waals surface area contributed by atoms with E-state index in [-0.39, 0.29) is 0 Å². The van der Waals surface area contributed by atoms with Crippen molar-refractivity contribution in [3.8, 4) is 0 Å². The van der Waals surface area contributed by atoms with Gasteiger partial charge < -0.3 is 0 Å². The maximum atomic E-state index is 12.2. The highest BCUT2D eigenvalue weighted by molar-refractivity contribution is 5.63. The number of nitro benzene ring substituents is 1. The minimum atomic E-state index is -4.65. The summed E-state index contributed by atoms with van der Waals surface area (Å²) in [6.45, 7) is 6.54. The summed E-state index contributed by atoms with van der Waals surface area (Å²) in [6, 6.07) is 1.78. The van der Waals surface area contributed by atoms with Crippen LogP contribution in [0.4, 0.5) is 24.5 Å². The highest BCUT2D eigenvalue weighted by atomic mass is 19.4. The van der Waals surface area contributed by atoms with E-state index in [0.717, 1.165) is 6.07 Å². The van der Waals surface area contributed by atoms with E-state index < -0.39 is 28.0 Å². The summed E-state index contributed by atoms with van der Waals surface area (Å²) in [7, 11) is 0. The van der Waals surface area contributed by atoms with E-state index in [1.807, 2.05) is 0 Å². The predicted octanol–water partition coefficient (Wildman–Crippen LogP) is 3.16. The summed E-state index contributed by atoms with van der Waals surface area (Å²) in [5.41, 5.74) is -2.38.